The number of nitrogens with one attached hydrogen (secondary N) is 1. The standard InChI is InChI=1S/C18H22FN3O/c1-2-3-4-12-20-18(23)17-15-6-5-7-16(15)22(21-17)14-10-8-13(19)9-11-14/h8-11H,2-7,12H2,1H3,(H,20,23). The van der Waals surface area contributed by atoms with Crippen LogP contribution in [0, 0.1) is 5.82 Å². The average molecular weight is 315 g/mol. The maximum absolute atomic E-state index is 13.1. The fourth-order valence-corrected chi connectivity index (χ4v) is 3.08. The second-order valence-corrected chi connectivity index (χ2v) is 5.98. The summed E-state index contributed by atoms with van der Waals surface area (Å²) >= 11 is 0. The number of carbonyl (C=O) groups excluding carboxylic acids is 1. The molecule has 0 radical (unpaired) electrons. The van der Waals surface area contributed by atoms with Crippen LogP contribution in [0.25, 0.3) is 5.69 Å². The number of nitrogens with zero attached hydrogens (tertiary/aromatic N) is 2. The molecule has 0 atom stereocenters. The van der Waals surface area contributed by atoms with Crippen LogP contribution in [0.1, 0.15) is 54.4 Å². The molecule has 0 bridgehead atoms. The molecule has 0 fully saturated rings. The molecule has 0 spiro atoms. The van der Waals surface area contributed by atoms with Crippen LogP contribution in [0.5, 0.6) is 0 Å². The van der Waals surface area contributed by atoms with E-state index in [0.717, 1.165) is 55.5 Å². The van der Waals surface area contributed by atoms with Crippen molar-refractivity contribution in [3.05, 3.63) is 47.0 Å². The molecule has 122 valence electrons. The zero-order chi connectivity index (χ0) is 16.2. The molecule has 1 aliphatic rings. The van der Waals surface area contributed by atoms with E-state index in [1.165, 1.54) is 12.1 Å². The van der Waals surface area contributed by atoms with Crippen molar-refractivity contribution in [1.82, 2.24) is 15.1 Å². The van der Waals surface area contributed by atoms with Gasteiger partial charge < -0.3 is 5.32 Å². The van der Waals surface area contributed by atoms with Crippen LogP contribution in [0.2, 0.25) is 0 Å². The van der Waals surface area contributed by atoms with Crippen LogP contribution < -0.4 is 5.32 Å². The van der Waals surface area contributed by atoms with Crippen LogP contribution in [-0.2, 0) is 12.8 Å². The van der Waals surface area contributed by atoms with E-state index in [1.807, 2.05) is 0 Å². The van der Waals surface area contributed by atoms with Gasteiger partial charge >= 0.3 is 0 Å². The van der Waals surface area contributed by atoms with Crippen molar-refractivity contribution in [1.29, 1.82) is 0 Å². The number of aromatic nitrogens is 2. The molecule has 1 aromatic heterocycles. The first-order valence-corrected chi connectivity index (χ1v) is 8.35. The Morgan fingerprint density at radius 3 is 2.78 bits per heavy atom. The maximum Gasteiger partial charge on any atom is 0.272 e. The Balaban J connectivity index is 1.83. The third-order valence-corrected chi connectivity index (χ3v) is 4.28. The van der Waals surface area contributed by atoms with Crippen molar-refractivity contribution in [2.45, 2.75) is 45.4 Å². The van der Waals surface area contributed by atoms with E-state index >= 15 is 0 Å². The first-order chi connectivity index (χ1) is 11.2. The summed E-state index contributed by atoms with van der Waals surface area (Å²) in [6.07, 6.45) is 6.05. The Kier molecular flexibility index (Phi) is 4.74. The molecule has 0 saturated heterocycles. The lowest BCUT2D eigenvalue weighted by Gasteiger charge is -2.05. The minimum Gasteiger partial charge on any atom is -0.351 e. The summed E-state index contributed by atoms with van der Waals surface area (Å²) in [5.74, 6) is -0.369. The van der Waals surface area contributed by atoms with Gasteiger partial charge in [-0.05, 0) is 49.9 Å². The normalized spacial score (nSPS) is 13.1. The van der Waals surface area contributed by atoms with Crippen LogP contribution in [0.4, 0.5) is 4.39 Å². The van der Waals surface area contributed by atoms with E-state index in [1.54, 1.807) is 16.8 Å². The minimum atomic E-state index is -0.272. The van der Waals surface area contributed by atoms with Crippen molar-refractivity contribution in [2.75, 3.05) is 6.54 Å². The van der Waals surface area contributed by atoms with E-state index in [4.69, 9.17) is 0 Å². The summed E-state index contributed by atoms with van der Waals surface area (Å²) in [6, 6.07) is 6.24. The van der Waals surface area contributed by atoms with Crippen molar-refractivity contribution < 1.29 is 9.18 Å². The van der Waals surface area contributed by atoms with Gasteiger partial charge in [-0.15, -0.1) is 0 Å². The molecular weight excluding hydrogens is 293 g/mol. The second-order valence-electron chi connectivity index (χ2n) is 5.98. The molecule has 0 aliphatic heterocycles. The average Bonchev–Trinajstić information content (AvgIpc) is 3.14. The van der Waals surface area contributed by atoms with Gasteiger partial charge in [-0.2, -0.15) is 5.10 Å². The van der Waals surface area contributed by atoms with Gasteiger partial charge in [-0.1, -0.05) is 19.8 Å². The highest BCUT2D eigenvalue weighted by Crippen LogP contribution is 2.27. The lowest BCUT2D eigenvalue weighted by atomic mass is 10.2. The van der Waals surface area contributed by atoms with Gasteiger partial charge in [0.2, 0.25) is 0 Å². The van der Waals surface area contributed by atoms with Gasteiger partial charge in [0.05, 0.1) is 5.69 Å². The summed E-state index contributed by atoms with van der Waals surface area (Å²) in [7, 11) is 0. The van der Waals surface area contributed by atoms with E-state index in [9.17, 15) is 9.18 Å². The van der Waals surface area contributed by atoms with Gasteiger partial charge in [0.25, 0.3) is 5.91 Å². The van der Waals surface area contributed by atoms with Crippen LogP contribution in [0.3, 0.4) is 0 Å². The number of benzene rings is 1. The quantitative estimate of drug-likeness (QED) is 0.830. The highest BCUT2D eigenvalue weighted by atomic mass is 19.1. The smallest absolute Gasteiger partial charge is 0.272 e. The first-order valence-electron chi connectivity index (χ1n) is 8.35. The second kappa shape index (κ2) is 6.94. The summed E-state index contributed by atoms with van der Waals surface area (Å²) in [4.78, 5) is 12.4. The van der Waals surface area contributed by atoms with Crippen molar-refractivity contribution in [2.24, 2.45) is 0 Å². The number of hydrogen-bond acceptors (Lipinski definition) is 2. The minimum absolute atomic E-state index is 0.0971. The highest BCUT2D eigenvalue weighted by molar-refractivity contribution is 5.94. The Labute approximate surface area is 135 Å². The number of fused-ring (bicyclic) bond motifs is 1. The Hall–Kier alpha value is -2.17. The zero-order valence-corrected chi connectivity index (χ0v) is 13.4. The van der Waals surface area contributed by atoms with E-state index in [2.05, 4.69) is 17.3 Å². The molecule has 0 saturated carbocycles. The molecule has 5 heteroatoms. The Morgan fingerprint density at radius 2 is 2.04 bits per heavy atom. The number of carbonyl (C=O) groups is 1. The SMILES string of the molecule is CCCCCNC(=O)c1nn(-c2ccc(F)cc2)c2c1CCC2. The summed E-state index contributed by atoms with van der Waals surface area (Å²) in [6.45, 7) is 2.82. The fraction of sp³-hybridized carbons (Fsp3) is 0.444. The number of hydrogen-bond donors (Lipinski definition) is 1. The first kappa shape index (κ1) is 15.7. The fourth-order valence-electron chi connectivity index (χ4n) is 3.08. The molecule has 0 unspecified atom stereocenters. The lowest BCUT2D eigenvalue weighted by molar-refractivity contribution is 0.0946. The van der Waals surface area contributed by atoms with Crippen molar-refractivity contribution in [3.8, 4) is 5.69 Å². The summed E-state index contributed by atoms with van der Waals surface area (Å²) in [5, 5.41) is 7.48. The van der Waals surface area contributed by atoms with Gasteiger partial charge in [-0.25, -0.2) is 9.07 Å². The third kappa shape index (κ3) is 3.28. The number of halogens is 1. The summed E-state index contributed by atoms with van der Waals surface area (Å²) < 4.78 is 14.9. The number of rotatable bonds is 6. The molecule has 3 rings (SSSR count). The van der Waals surface area contributed by atoms with Gasteiger partial charge in [0.15, 0.2) is 5.69 Å². The van der Waals surface area contributed by atoms with E-state index in [-0.39, 0.29) is 11.7 Å². The highest BCUT2D eigenvalue weighted by Gasteiger charge is 2.26. The van der Waals surface area contributed by atoms with Crippen molar-refractivity contribution in [3.63, 3.8) is 0 Å². The molecule has 1 heterocycles. The Morgan fingerprint density at radius 1 is 1.26 bits per heavy atom. The monoisotopic (exact) mass is 315 g/mol. The van der Waals surface area contributed by atoms with Crippen molar-refractivity contribution >= 4 is 5.91 Å². The largest absolute Gasteiger partial charge is 0.351 e. The zero-order valence-electron chi connectivity index (χ0n) is 13.4. The Bertz CT molecular complexity index is 691. The molecule has 1 aromatic carbocycles. The van der Waals surface area contributed by atoms with E-state index in [0.29, 0.717) is 12.2 Å². The molecule has 1 aliphatic carbocycles. The predicted octanol–water partition coefficient (Wildman–Crippen LogP) is 3.42. The lowest BCUT2D eigenvalue weighted by Crippen LogP contribution is -2.25. The van der Waals surface area contributed by atoms with E-state index < -0.39 is 0 Å². The van der Waals surface area contributed by atoms with Gasteiger partial charge in [-0.3, -0.25) is 4.79 Å². The topological polar surface area (TPSA) is 46.9 Å². The van der Waals surface area contributed by atoms with Gasteiger partial charge in [0.1, 0.15) is 5.82 Å². The van der Waals surface area contributed by atoms with Crippen LogP contribution >= 0.6 is 0 Å². The number of amides is 1. The van der Waals surface area contributed by atoms with Crippen LogP contribution in [0.15, 0.2) is 24.3 Å². The molecule has 1 N–H and O–H groups in total. The molecule has 23 heavy (non-hydrogen) atoms. The molecule has 1 amide bonds. The molecular formula is C18H22FN3O. The summed E-state index contributed by atoms with van der Waals surface area (Å²) in [5.41, 5.74) is 3.45. The molecule has 2 aromatic rings. The number of unbranched alkanes of at least 4 members (excludes halogenated alkanes) is 2. The maximum atomic E-state index is 13.1. The third-order valence-electron chi connectivity index (χ3n) is 4.28. The van der Waals surface area contributed by atoms with Gasteiger partial charge in [0, 0.05) is 17.8 Å². The van der Waals surface area contributed by atoms with Crippen LogP contribution in [-0.4, -0.2) is 22.2 Å². The molecule has 4 nitrogen and oxygen atoms in total. The predicted molar refractivity (Wildman–Crippen MR) is 87.4 cm³/mol.